The molecule has 1 aromatic heterocycles. The summed E-state index contributed by atoms with van der Waals surface area (Å²) >= 11 is 1.51. The molecule has 0 bridgehead atoms. The minimum absolute atomic E-state index is 0. The molecule has 3 aromatic rings. The molecule has 0 aliphatic heterocycles. The number of thiophene rings is 1. The smallest absolute Gasteiger partial charge is 0.788 e. The third-order valence-corrected chi connectivity index (χ3v) is 5.27. The second-order valence-electron chi connectivity index (χ2n) is 6.05. The van der Waals surface area contributed by atoms with Crippen LogP contribution in [0.1, 0.15) is 11.1 Å². The van der Waals surface area contributed by atoms with E-state index in [-0.39, 0.29) is 59.1 Å². The van der Waals surface area contributed by atoms with Gasteiger partial charge in [-0.1, -0.05) is 12.2 Å². The van der Waals surface area contributed by atoms with Crippen LogP contribution in [0.5, 0.6) is 23.0 Å². The Labute approximate surface area is 239 Å². The summed E-state index contributed by atoms with van der Waals surface area (Å²) in [4.78, 5) is 25.2. The van der Waals surface area contributed by atoms with Crippen molar-refractivity contribution in [3.05, 3.63) is 46.8 Å². The van der Waals surface area contributed by atoms with E-state index in [2.05, 4.69) is 9.56 Å². The molecule has 0 radical (unpaired) electrons. The van der Waals surface area contributed by atoms with E-state index in [0.717, 1.165) is 21.2 Å². The first-order chi connectivity index (χ1) is 14.8. The van der Waals surface area contributed by atoms with Gasteiger partial charge in [0, 0.05) is 10.1 Å². The van der Waals surface area contributed by atoms with Crippen LogP contribution in [0.3, 0.4) is 0 Å². The maximum absolute atomic E-state index is 10.5. The maximum atomic E-state index is 10.5. The van der Waals surface area contributed by atoms with Crippen molar-refractivity contribution in [1.29, 1.82) is 0 Å². The summed E-state index contributed by atoms with van der Waals surface area (Å²) in [7, 11) is -0.610. The third-order valence-electron chi connectivity index (χ3n) is 4.12. The second kappa shape index (κ2) is 14.1. The number of hydrogen-bond donors (Lipinski definition) is 0. The van der Waals surface area contributed by atoms with Gasteiger partial charge >= 0.3 is 59.1 Å². The average molecular weight is 512 g/mol. The van der Waals surface area contributed by atoms with Crippen LogP contribution in [-0.4, -0.2) is 28.1 Å². The molecule has 0 saturated carbocycles. The van der Waals surface area contributed by atoms with Gasteiger partial charge in [-0.2, -0.15) is 4.89 Å². The molecule has 0 saturated heterocycles. The Morgan fingerprint density at radius 1 is 0.909 bits per heavy atom. The van der Waals surface area contributed by atoms with Gasteiger partial charge in [0.25, 0.3) is 0 Å². The van der Waals surface area contributed by atoms with Crippen molar-refractivity contribution in [3.63, 3.8) is 0 Å². The van der Waals surface area contributed by atoms with Gasteiger partial charge in [0.2, 0.25) is 12.5 Å². The van der Waals surface area contributed by atoms with E-state index in [1.807, 2.05) is 41.8 Å². The van der Waals surface area contributed by atoms with Crippen molar-refractivity contribution in [2.24, 2.45) is 0 Å². The first-order valence-electron chi connectivity index (χ1n) is 8.80. The number of hydrogen-bond acceptors (Lipinski definition) is 10. The molecule has 0 N–H and O–H groups in total. The molecule has 33 heavy (non-hydrogen) atoms. The third kappa shape index (κ3) is 8.54. The van der Waals surface area contributed by atoms with Crippen LogP contribution in [0.4, 0.5) is 0 Å². The predicted octanol–water partition coefficient (Wildman–Crippen LogP) is -2.78. The van der Waals surface area contributed by atoms with Crippen molar-refractivity contribution in [2.75, 3.05) is 28.1 Å². The molecule has 0 aliphatic rings. The Morgan fingerprint density at radius 3 is 2.03 bits per heavy atom. The summed E-state index contributed by atoms with van der Waals surface area (Å²) in [5.41, 5.74) is 1.64. The van der Waals surface area contributed by atoms with Gasteiger partial charge < -0.3 is 33.3 Å². The monoisotopic (exact) mass is 512 g/mol. The molecule has 3 rings (SSSR count). The van der Waals surface area contributed by atoms with Crippen LogP contribution in [0.2, 0.25) is 0 Å². The summed E-state index contributed by atoms with van der Waals surface area (Å²) in [5.74, 6) is 2.01. The number of rotatable bonds is 10. The van der Waals surface area contributed by atoms with Crippen LogP contribution in [-0.2, 0) is 14.1 Å². The molecule has 1 heterocycles. The first kappa shape index (κ1) is 30.4. The van der Waals surface area contributed by atoms with E-state index in [0.29, 0.717) is 23.0 Å². The molecule has 9 nitrogen and oxygen atoms in total. The van der Waals surface area contributed by atoms with Crippen LogP contribution < -0.4 is 87.8 Å². The topological polar surface area (TPSA) is 119 Å². The van der Waals surface area contributed by atoms with Crippen molar-refractivity contribution >= 4 is 41.4 Å². The number of phosphoric acid groups is 1. The first-order valence-corrected chi connectivity index (χ1v) is 11.1. The van der Waals surface area contributed by atoms with Gasteiger partial charge in [-0.3, -0.25) is 0 Å². The van der Waals surface area contributed by atoms with Crippen LogP contribution in [0.15, 0.2) is 35.7 Å². The molecule has 0 fully saturated rings. The quantitative estimate of drug-likeness (QED) is 0.0541. The average Bonchev–Trinajstić information content (AvgIpc) is 3.22. The fraction of sp³-hybridized carbons (Fsp3) is 0.200. The Bertz CT molecular complexity index is 1100. The van der Waals surface area contributed by atoms with Gasteiger partial charge in [0.15, 0.2) is 11.5 Å². The number of ether oxygens (including phenoxy) is 4. The summed E-state index contributed by atoms with van der Waals surface area (Å²) in [5, 5.41) is 2.70. The molecule has 0 spiro atoms. The molecular formula is C20H19Na2O9PS. The van der Waals surface area contributed by atoms with Crippen molar-refractivity contribution in [3.8, 4) is 23.0 Å². The zero-order valence-corrected chi connectivity index (χ0v) is 24.6. The van der Waals surface area contributed by atoms with E-state index in [9.17, 15) is 14.4 Å². The van der Waals surface area contributed by atoms with E-state index in [4.69, 9.17) is 18.9 Å². The molecule has 0 amide bonds. The van der Waals surface area contributed by atoms with Crippen LogP contribution >= 0.6 is 19.2 Å². The minimum atomic E-state index is -5.24. The molecule has 0 aliphatic carbocycles. The Kier molecular flexibility index (Phi) is 13.0. The Morgan fingerprint density at radius 2 is 1.48 bits per heavy atom. The second-order valence-corrected chi connectivity index (χ2v) is 8.04. The van der Waals surface area contributed by atoms with Crippen molar-refractivity contribution in [2.45, 2.75) is 0 Å². The Balaban J connectivity index is 0.00000272. The van der Waals surface area contributed by atoms with Gasteiger partial charge in [0.05, 0.1) is 21.3 Å². The van der Waals surface area contributed by atoms with Crippen molar-refractivity contribution in [1.82, 2.24) is 0 Å². The zero-order valence-electron chi connectivity index (χ0n) is 18.9. The van der Waals surface area contributed by atoms with Gasteiger partial charge in [0.1, 0.15) is 13.6 Å². The van der Waals surface area contributed by atoms with E-state index >= 15 is 0 Å². The molecule has 0 unspecified atom stereocenters. The molecule has 166 valence electrons. The van der Waals surface area contributed by atoms with E-state index in [1.165, 1.54) is 18.4 Å². The molecule has 2 aromatic carbocycles. The summed E-state index contributed by atoms with van der Waals surface area (Å²) < 4.78 is 36.6. The van der Waals surface area contributed by atoms with E-state index < -0.39 is 14.6 Å². The fourth-order valence-corrected chi connectivity index (χ4v) is 3.86. The standard InChI is InChI=1S/C20H21O9PS.2Na/c1-24-17-9-13(10-18(25-2)20(17)26-3)4-5-14-8-16(15-6-7-31-19(15)11-14)27-12-28-29-30(21,22)23;;/h4-11H,12H2,1-3H3,(H2,21,22,23);;/q;2*+1/p-2/b5-4-;;. The Hall–Kier alpha value is -0.590. The summed E-state index contributed by atoms with van der Waals surface area (Å²) in [6.45, 7) is -0.570. The van der Waals surface area contributed by atoms with Crippen LogP contribution in [0.25, 0.3) is 22.2 Å². The van der Waals surface area contributed by atoms with Gasteiger partial charge in [-0.05, 0) is 46.8 Å². The molecule has 13 heteroatoms. The number of benzene rings is 2. The van der Waals surface area contributed by atoms with Crippen molar-refractivity contribution < 1.29 is 102 Å². The largest absolute Gasteiger partial charge is 1.00 e. The number of fused-ring (bicyclic) bond motifs is 1. The maximum Gasteiger partial charge on any atom is 1.00 e. The SMILES string of the molecule is COc1cc(/C=C\c2cc(OCOOP(=O)([O-])[O-])c3ccsc3c2)cc(OC)c1OC.[Na+].[Na+]. The van der Waals surface area contributed by atoms with Crippen LogP contribution in [0, 0.1) is 0 Å². The predicted molar refractivity (Wildman–Crippen MR) is 112 cm³/mol. The zero-order chi connectivity index (χ0) is 22.4. The molecule has 0 atom stereocenters. The molecular weight excluding hydrogens is 493 g/mol. The van der Waals surface area contributed by atoms with E-state index in [1.54, 1.807) is 20.3 Å². The minimum Gasteiger partial charge on any atom is -0.788 e. The fourth-order valence-electron chi connectivity index (χ4n) is 2.84. The normalized spacial score (nSPS) is 11.1. The number of methoxy groups -OCH3 is 3. The summed E-state index contributed by atoms with van der Waals surface area (Å²) in [6.07, 6.45) is 3.74. The van der Waals surface area contributed by atoms with Gasteiger partial charge in [-0.15, -0.1) is 11.3 Å². The summed E-state index contributed by atoms with van der Waals surface area (Å²) in [6, 6.07) is 9.21. The van der Waals surface area contributed by atoms with Gasteiger partial charge in [-0.25, -0.2) is 4.67 Å².